The van der Waals surface area contributed by atoms with Gasteiger partial charge in [-0.3, -0.25) is 4.79 Å². The maximum Gasteiger partial charge on any atom is 0.364 e. The minimum atomic E-state index is -2.84. The first kappa shape index (κ1) is 17.9. The highest BCUT2D eigenvalue weighted by Gasteiger charge is 2.56. The highest BCUT2D eigenvalue weighted by atomic mass is 16.7. The van der Waals surface area contributed by atoms with Gasteiger partial charge in [0.15, 0.2) is 11.4 Å². The van der Waals surface area contributed by atoms with Gasteiger partial charge in [0.05, 0.1) is 18.8 Å². The van der Waals surface area contributed by atoms with E-state index >= 15 is 0 Å². The minimum absolute atomic E-state index is 0.760. The Morgan fingerprint density at radius 1 is 1.52 bits per heavy atom. The fourth-order valence-electron chi connectivity index (χ4n) is 2.09. The summed E-state index contributed by atoms with van der Waals surface area (Å²) >= 11 is 0. The monoisotopic (exact) mass is 309 g/mol. The maximum absolute atomic E-state index is 11.4. The molecule has 21 heavy (non-hydrogen) atoms. The number of hydrogen-bond donors (Lipinski definition) is 7. The second-order valence-electron chi connectivity index (χ2n) is 5.10. The van der Waals surface area contributed by atoms with E-state index in [1.54, 1.807) is 0 Å². The number of nitrogens with two attached hydrogens (primary N) is 1. The van der Waals surface area contributed by atoms with Crippen LogP contribution in [0, 0.1) is 0 Å². The van der Waals surface area contributed by atoms with Gasteiger partial charge < -0.3 is 41.1 Å². The van der Waals surface area contributed by atoms with Gasteiger partial charge in [-0.05, 0) is 6.92 Å². The van der Waals surface area contributed by atoms with E-state index in [0.717, 1.165) is 6.92 Å². The van der Waals surface area contributed by atoms with E-state index in [9.17, 15) is 30.0 Å². The van der Waals surface area contributed by atoms with Gasteiger partial charge in [0.1, 0.15) is 12.2 Å². The summed E-state index contributed by atoms with van der Waals surface area (Å²) in [6.07, 6.45) is -6.29. The lowest BCUT2D eigenvalue weighted by molar-refractivity contribution is -0.297. The van der Waals surface area contributed by atoms with Crippen LogP contribution in [0.4, 0.5) is 0 Å². The molecular weight excluding hydrogens is 290 g/mol. The van der Waals surface area contributed by atoms with Crippen molar-refractivity contribution in [3.05, 3.63) is 0 Å². The summed E-state index contributed by atoms with van der Waals surface area (Å²) < 4.78 is 4.78. The zero-order valence-corrected chi connectivity index (χ0v) is 11.2. The minimum Gasteiger partial charge on any atom is -0.477 e. The molecule has 0 aromatic rings. The van der Waals surface area contributed by atoms with Gasteiger partial charge in [-0.15, -0.1) is 0 Å². The van der Waals surface area contributed by atoms with Crippen LogP contribution in [0.5, 0.6) is 0 Å². The highest BCUT2D eigenvalue weighted by molar-refractivity contribution is 5.85. The Labute approximate surface area is 119 Å². The van der Waals surface area contributed by atoms with E-state index in [2.05, 4.69) is 0 Å². The lowest BCUT2D eigenvalue weighted by Gasteiger charge is -2.45. The lowest BCUT2D eigenvalue weighted by atomic mass is 9.82. The summed E-state index contributed by atoms with van der Waals surface area (Å²) in [5.41, 5.74) is 2.89. The summed E-state index contributed by atoms with van der Waals surface area (Å²) in [7, 11) is 0. The van der Waals surface area contributed by atoms with Crippen LogP contribution < -0.4 is 5.73 Å². The summed E-state index contributed by atoms with van der Waals surface area (Å²) in [5.74, 6) is -5.69. The number of ketones is 1. The lowest BCUT2D eigenvalue weighted by Crippen LogP contribution is -2.69. The molecule has 0 bridgehead atoms. The molecule has 1 fully saturated rings. The molecule has 1 heterocycles. The number of aliphatic hydroxyl groups is 5. The number of aliphatic carboxylic acids is 1. The fourth-order valence-corrected chi connectivity index (χ4v) is 2.09. The Balaban J connectivity index is 3.14. The Kier molecular flexibility index (Phi) is 5.05. The van der Waals surface area contributed by atoms with Crippen molar-refractivity contribution in [3.8, 4) is 0 Å². The van der Waals surface area contributed by atoms with Crippen LogP contribution in [-0.4, -0.2) is 84.7 Å². The molecule has 0 aromatic heterocycles. The van der Waals surface area contributed by atoms with Gasteiger partial charge in [0.25, 0.3) is 5.79 Å². The van der Waals surface area contributed by atoms with Crippen LogP contribution in [0.25, 0.3) is 0 Å². The van der Waals surface area contributed by atoms with E-state index in [0.29, 0.717) is 0 Å². The normalized spacial score (nSPS) is 37.6. The maximum atomic E-state index is 11.4. The van der Waals surface area contributed by atoms with Crippen molar-refractivity contribution < 1.29 is 45.0 Å². The molecule has 10 nitrogen and oxygen atoms in total. The third-order valence-corrected chi connectivity index (χ3v) is 3.63. The van der Waals surface area contributed by atoms with E-state index in [1.807, 2.05) is 0 Å². The molecule has 0 radical (unpaired) electrons. The van der Waals surface area contributed by atoms with Gasteiger partial charge in [-0.25, -0.2) is 4.79 Å². The van der Waals surface area contributed by atoms with Crippen molar-refractivity contribution in [1.29, 1.82) is 0 Å². The molecule has 0 aromatic carbocycles. The number of aliphatic hydroxyl groups excluding tert-OH is 3. The second kappa shape index (κ2) is 5.93. The molecule has 6 atom stereocenters. The van der Waals surface area contributed by atoms with E-state index in [4.69, 9.17) is 20.7 Å². The number of rotatable bonds is 5. The highest BCUT2D eigenvalue weighted by Crippen LogP contribution is 2.31. The first-order valence-corrected chi connectivity index (χ1v) is 6.09. The molecule has 0 unspecified atom stereocenters. The predicted octanol–water partition coefficient (Wildman–Crippen LogP) is -4.09. The van der Waals surface area contributed by atoms with E-state index in [-0.39, 0.29) is 0 Å². The average molecular weight is 309 g/mol. The Morgan fingerprint density at radius 2 is 2.05 bits per heavy atom. The third kappa shape index (κ3) is 3.06. The largest absolute Gasteiger partial charge is 0.477 e. The number of carbonyl (C=O) groups excluding carboxylic acids is 1. The van der Waals surface area contributed by atoms with Gasteiger partial charge in [-0.2, -0.15) is 0 Å². The van der Waals surface area contributed by atoms with Crippen LogP contribution in [-0.2, 0) is 14.3 Å². The van der Waals surface area contributed by atoms with Crippen molar-refractivity contribution in [2.75, 3.05) is 6.61 Å². The molecule has 1 aliphatic rings. The molecule has 0 spiro atoms. The van der Waals surface area contributed by atoms with Crippen LogP contribution in [0.2, 0.25) is 0 Å². The van der Waals surface area contributed by atoms with Crippen LogP contribution in [0.3, 0.4) is 0 Å². The number of carboxylic acid groups (broad SMARTS) is 1. The molecule has 10 heteroatoms. The predicted molar refractivity (Wildman–Crippen MR) is 64.8 cm³/mol. The third-order valence-electron chi connectivity index (χ3n) is 3.63. The smallest absolute Gasteiger partial charge is 0.364 e. The standard InChI is InChI=1S/C11H19NO9/c1-4(14)10(19,3-13)8(16)7-6(12)5(15)2-11(20,21-7)9(17)18/h5-8,13,15-16,19-20H,2-3,12H2,1H3,(H,17,18)/t5-,6+,7+,8-,10-,11-/m0/s1. The zero-order chi connectivity index (χ0) is 16.6. The van der Waals surface area contributed by atoms with Crippen molar-refractivity contribution >= 4 is 11.8 Å². The number of carbonyl (C=O) groups is 2. The molecular formula is C11H19NO9. The molecule has 1 saturated heterocycles. The summed E-state index contributed by atoms with van der Waals surface area (Å²) in [6.45, 7) is -0.300. The van der Waals surface area contributed by atoms with Crippen molar-refractivity contribution in [3.63, 3.8) is 0 Å². The number of carboxylic acids is 1. The first-order valence-electron chi connectivity index (χ1n) is 6.09. The van der Waals surface area contributed by atoms with Gasteiger partial charge >= 0.3 is 5.97 Å². The Bertz CT molecular complexity index is 430. The van der Waals surface area contributed by atoms with Crippen molar-refractivity contribution in [1.82, 2.24) is 0 Å². The number of ether oxygens (including phenoxy) is 1. The SMILES string of the molecule is CC(=O)[C@@](O)(CO)[C@@H](O)[C@@H]1O[C@](O)(C(=O)O)C[C@H](O)[C@H]1N. The van der Waals surface area contributed by atoms with Crippen molar-refractivity contribution in [2.45, 2.75) is 49.1 Å². The summed E-state index contributed by atoms with van der Waals surface area (Å²) in [4.78, 5) is 22.3. The van der Waals surface area contributed by atoms with Gasteiger partial charge in [0.2, 0.25) is 0 Å². The van der Waals surface area contributed by atoms with Crippen LogP contribution >= 0.6 is 0 Å². The Morgan fingerprint density at radius 3 is 2.43 bits per heavy atom. The first-order chi connectivity index (χ1) is 9.49. The molecule has 1 aliphatic heterocycles. The molecule has 0 saturated carbocycles. The zero-order valence-electron chi connectivity index (χ0n) is 11.2. The summed E-state index contributed by atoms with van der Waals surface area (Å²) in [6, 6.07) is -1.39. The van der Waals surface area contributed by atoms with Gasteiger partial charge in [-0.1, -0.05) is 0 Å². The average Bonchev–Trinajstić information content (AvgIpc) is 2.40. The second-order valence-corrected chi connectivity index (χ2v) is 5.10. The van der Waals surface area contributed by atoms with E-state index < -0.39 is 60.5 Å². The van der Waals surface area contributed by atoms with Crippen LogP contribution in [0.1, 0.15) is 13.3 Å². The van der Waals surface area contributed by atoms with Crippen LogP contribution in [0.15, 0.2) is 0 Å². The molecule has 0 amide bonds. The quantitative estimate of drug-likeness (QED) is 0.262. The van der Waals surface area contributed by atoms with Gasteiger partial charge in [0, 0.05) is 6.42 Å². The fraction of sp³-hybridized carbons (Fsp3) is 0.818. The number of hydrogen-bond acceptors (Lipinski definition) is 9. The van der Waals surface area contributed by atoms with E-state index in [1.165, 1.54) is 0 Å². The molecule has 8 N–H and O–H groups in total. The Hall–Kier alpha value is -1.14. The van der Waals surface area contributed by atoms with Crippen molar-refractivity contribution in [2.24, 2.45) is 5.73 Å². The summed E-state index contributed by atoms with van der Waals surface area (Å²) in [5, 5.41) is 57.4. The molecule has 122 valence electrons. The molecule has 1 rings (SSSR count). The number of Topliss-reactive ketones (excluding diaryl/α,β-unsaturated/α-hetero) is 1. The molecule has 0 aliphatic carbocycles. The topological polar surface area (TPSA) is 191 Å².